The Hall–Kier alpha value is -0.660. The highest BCUT2D eigenvalue weighted by Gasteiger charge is 2.18. The Morgan fingerprint density at radius 1 is 1.47 bits per heavy atom. The van der Waals surface area contributed by atoms with Crippen molar-refractivity contribution in [1.29, 1.82) is 0 Å². The zero-order valence-corrected chi connectivity index (χ0v) is 12.5. The van der Waals surface area contributed by atoms with Crippen LogP contribution in [-0.4, -0.2) is 32.8 Å². The molecule has 108 valence electrons. The average molecular weight is 308 g/mol. The minimum atomic E-state index is -3.64. The van der Waals surface area contributed by atoms with Crippen molar-refractivity contribution in [1.82, 2.24) is 4.72 Å². The van der Waals surface area contributed by atoms with Crippen molar-refractivity contribution < 1.29 is 18.3 Å². The lowest BCUT2D eigenvalue weighted by molar-refractivity contribution is 0.133. The molecule has 0 radical (unpaired) electrons. The first-order valence-corrected chi connectivity index (χ1v) is 7.76. The Bertz CT molecular complexity index is 518. The van der Waals surface area contributed by atoms with Gasteiger partial charge in [-0.3, -0.25) is 0 Å². The maximum absolute atomic E-state index is 12.1. The molecule has 0 spiro atoms. The molecule has 0 aliphatic carbocycles. The maximum atomic E-state index is 12.1. The van der Waals surface area contributed by atoms with E-state index < -0.39 is 10.0 Å². The number of aliphatic hydroxyl groups is 1. The Balaban J connectivity index is 2.88. The SMILES string of the molecule is CCOCC(C)NS(=O)(=O)c1ccc(Cl)c(CO)c1. The van der Waals surface area contributed by atoms with Gasteiger partial charge in [-0.1, -0.05) is 11.6 Å². The third-order valence-corrected chi connectivity index (χ3v) is 4.38. The molecule has 0 bridgehead atoms. The zero-order valence-electron chi connectivity index (χ0n) is 10.9. The van der Waals surface area contributed by atoms with Crippen molar-refractivity contribution in [3.63, 3.8) is 0 Å². The fourth-order valence-electron chi connectivity index (χ4n) is 1.50. The number of aliphatic hydroxyl groups excluding tert-OH is 1. The third-order valence-electron chi connectivity index (χ3n) is 2.43. The number of nitrogens with one attached hydrogen (secondary N) is 1. The van der Waals surface area contributed by atoms with Crippen LogP contribution in [0.1, 0.15) is 19.4 Å². The summed E-state index contributed by atoms with van der Waals surface area (Å²) in [5.41, 5.74) is 0.377. The summed E-state index contributed by atoms with van der Waals surface area (Å²) in [4.78, 5) is 0.0734. The van der Waals surface area contributed by atoms with Crippen LogP contribution in [0.2, 0.25) is 5.02 Å². The molecule has 0 saturated carbocycles. The standard InChI is InChI=1S/C12H18ClNO4S/c1-3-18-8-9(2)14-19(16,17)11-4-5-12(13)10(6-11)7-15/h4-6,9,14-15H,3,7-8H2,1-2H3. The number of halogens is 1. The Kier molecular flexibility index (Phi) is 6.22. The summed E-state index contributed by atoms with van der Waals surface area (Å²) in [5.74, 6) is 0. The number of hydrogen-bond acceptors (Lipinski definition) is 4. The number of benzene rings is 1. The van der Waals surface area contributed by atoms with E-state index in [-0.39, 0.29) is 17.5 Å². The van der Waals surface area contributed by atoms with Crippen molar-refractivity contribution in [2.24, 2.45) is 0 Å². The van der Waals surface area contributed by atoms with Crippen LogP contribution in [0, 0.1) is 0 Å². The Morgan fingerprint density at radius 2 is 2.16 bits per heavy atom. The van der Waals surface area contributed by atoms with E-state index in [1.807, 2.05) is 6.92 Å². The van der Waals surface area contributed by atoms with E-state index >= 15 is 0 Å². The summed E-state index contributed by atoms with van der Waals surface area (Å²) in [7, 11) is -3.64. The average Bonchev–Trinajstić information content (AvgIpc) is 2.36. The molecule has 1 rings (SSSR count). The van der Waals surface area contributed by atoms with Gasteiger partial charge in [0.2, 0.25) is 10.0 Å². The van der Waals surface area contributed by atoms with Crippen molar-refractivity contribution in [3.8, 4) is 0 Å². The quantitative estimate of drug-likeness (QED) is 0.801. The number of rotatable bonds is 7. The van der Waals surface area contributed by atoms with Crippen LogP contribution in [0.15, 0.2) is 23.1 Å². The Morgan fingerprint density at radius 3 is 2.74 bits per heavy atom. The second-order valence-electron chi connectivity index (χ2n) is 4.09. The van der Waals surface area contributed by atoms with Crippen molar-refractivity contribution in [2.45, 2.75) is 31.4 Å². The molecule has 2 N–H and O–H groups in total. The lowest BCUT2D eigenvalue weighted by Gasteiger charge is -2.14. The molecule has 0 heterocycles. The van der Waals surface area contributed by atoms with Gasteiger partial charge in [0.1, 0.15) is 0 Å². The van der Waals surface area contributed by atoms with Gasteiger partial charge in [0, 0.05) is 17.7 Å². The van der Waals surface area contributed by atoms with E-state index in [9.17, 15) is 8.42 Å². The summed E-state index contributed by atoms with van der Waals surface area (Å²) in [6, 6.07) is 3.88. The van der Waals surface area contributed by atoms with Crippen molar-refractivity contribution in [2.75, 3.05) is 13.2 Å². The van der Waals surface area contributed by atoms with E-state index in [2.05, 4.69) is 4.72 Å². The van der Waals surface area contributed by atoms with Crippen LogP contribution >= 0.6 is 11.6 Å². The van der Waals surface area contributed by atoms with E-state index in [1.54, 1.807) is 6.92 Å². The van der Waals surface area contributed by atoms with Crippen LogP contribution in [0.4, 0.5) is 0 Å². The van der Waals surface area contributed by atoms with Gasteiger partial charge in [0.05, 0.1) is 18.1 Å². The lowest BCUT2D eigenvalue weighted by Crippen LogP contribution is -2.35. The van der Waals surface area contributed by atoms with Crippen LogP contribution in [0.3, 0.4) is 0 Å². The van der Waals surface area contributed by atoms with Gasteiger partial charge < -0.3 is 9.84 Å². The van der Waals surface area contributed by atoms with Crippen LogP contribution < -0.4 is 4.72 Å². The molecule has 1 atom stereocenters. The van der Waals surface area contributed by atoms with Crippen molar-refractivity contribution in [3.05, 3.63) is 28.8 Å². The van der Waals surface area contributed by atoms with Gasteiger partial charge in [-0.2, -0.15) is 0 Å². The molecule has 5 nitrogen and oxygen atoms in total. The van der Waals surface area contributed by atoms with E-state index in [1.165, 1.54) is 18.2 Å². The summed E-state index contributed by atoms with van der Waals surface area (Å²) >= 11 is 5.83. The summed E-state index contributed by atoms with van der Waals surface area (Å²) in [6.07, 6.45) is 0. The molecule has 1 aromatic rings. The minimum Gasteiger partial charge on any atom is -0.392 e. The van der Waals surface area contributed by atoms with E-state index in [4.69, 9.17) is 21.4 Å². The van der Waals surface area contributed by atoms with Gasteiger partial charge in [0.25, 0.3) is 0 Å². The zero-order chi connectivity index (χ0) is 14.5. The van der Waals surface area contributed by atoms with Crippen LogP contribution in [-0.2, 0) is 21.4 Å². The fraction of sp³-hybridized carbons (Fsp3) is 0.500. The lowest BCUT2D eigenvalue weighted by atomic mass is 10.2. The van der Waals surface area contributed by atoms with Crippen LogP contribution in [0.25, 0.3) is 0 Å². The molecule has 7 heteroatoms. The molecule has 0 aromatic heterocycles. The molecule has 0 aliphatic heterocycles. The third kappa shape index (κ3) is 4.74. The first-order valence-electron chi connectivity index (χ1n) is 5.90. The number of ether oxygens (including phenoxy) is 1. The molecule has 1 unspecified atom stereocenters. The molecule has 0 fully saturated rings. The van der Waals surface area contributed by atoms with E-state index in [0.29, 0.717) is 23.8 Å². The van der Waals surface area contributed by atoms with Gasteiger partial charge >= 0.3 is 0 Å². The molecular weight excluding hydrogens is 290 g/mol. The van der Waals surface area contributed by atoms with Gasteiger partial charge in [0.15, 0.2) is 0 Å². The highest BCUT2D eigenvalue weighted by Crippen LogP contribution is 2.20. The highest BCUT2D eigenvalue weighted by molar-refractivity contribution is 7.89. The molecule has 0 amide bonds. The molecule has 0 saturated heterocycles. The van der Waals surface area contributed by atoms with Crippen LogP contribution in [0.5, 0.6) is 0 Å². The second kappa shape index (κ2) is 7.21. The van der Waals surface area contributed by atoms with Gasteiger partial charge in [-0.15, -0.1) is 0 Å². The molecule has 19 heavy (non-hydrogen) atoms. The van der Waals surface area contributed by atoms with E-state index in [0.717, 1.165) is 0 Å². The second-order valence-corrected chi connectivity index (χ2v) is 6.21. The number of sulfonamides is 1. The molecule has 0 aliphatic rings. The summed E-state index contributed by atoms with van der Waals surface area (Å²) < 4.78 is 31.8. The molecule has 1 aromatic carbocycles. The topological polar surface area (TPSA) is 75.6 Å². The largest absolute Gasteiger partial charge is 0.392 e. The fourth-order valence-corrected chi connectivity index (χ4v) is 2.96. The predicted octanol–water partition coefficient (Wildman–Crippen LogP) is 1.54. The highest BCUT2D eigenvalue weighted by atomic mass is 35.5. The first kappa shape index (κ1) is 16.4. The molecular formula is C12H18ClNO4S. The van der Waals surface area contributed by atoms with Gasteiger partial charge in [-0.25, -0.2) is 13.1 Å². The predicted molar refractivity (Wildman–Crippen MR) is 73.7 cm³/mol. The monoisotopic (exact) mass is 307 g/mol. The first-order chi connectivity index (χ1) is 8.90. The maximum Gasteiger partial charge on any atom is 0.240 e. The van der Waals surface area contributed by atoms with Gasteiger partial charge in [-0.05, 0) is 37.6 Å². The number of hydrogen-bond donors (Lipinski definition) is 2. The normalized spacial score (nSPS) is 13.5. The Labute approximate surface area is 118 Å². The minimum absolute atomic E-state index is 0.0734. The summed E-state index contributed by atoms with van der Waals surface area (Å²) in [6.45, 7) is 4.08. The van der Waals surface area contributed by atoms with Crippen molar-refractivity contribution >= 4 is 21.6 Å². The smallest absolute Gasteiger partial charge is 0.240 e. The summed E-state index contributed by atoms with van der Waals surface area (Å²) in [5, 5.41) is 9.42.